The second-order valence-electron chi connectivity index (χ2n) is 6.03. The first kappa shape index (κ1) is 22.8. The number of nitrogens with one attached hydrogen (secondary N) is 1. The molecule has 0 saturated carbocycles. The molecule has 5 nitrogen and oxygen atoms in total. The maximum Gasteiger partial charge on any atom is 0.326 e. The summed E-state index contributed by atoms with van der Waals surface area (Å²) in [6.07, 6.45) is 0.396. The molecule has 0 spiro atoms. The highest BCUT2D eigenvalue weighted by Crippen LogP contribution is 2.32. The van der Waals surface area contributed by atoms with Crippen molar-refractivity contribution in [3.63, 3.8) is 0 Å². The average molecular weight is 435 g/mol. The van der Waals surface area contributed by atoms with Crippen LogP contribution in [-0.2, 0) is 16.0 Å². The van der Waals surface area contributed by atoms with Crippen molar-refractivity contribution in [2.45, 2.75) is 32.7 Å². The van der Waals surface area contributed by atoms with Gasteiger partial charge in [0.2, 0.25) is 5.91 Å². The first-order chi connectivity index (χ1) is 11.8. The van der Waals surface area contributed by atoms with Gasteiger partial charge in [-0.25, -0.2) is 9.78 Å². The van der Waals surface area contributed by atoms with Crippen molar-refractivity contribution in [2.24, 2.45) is 5.92 Å². The lowest BCUT2D eigenvalue weighted by atomic mass is 10.0. The number of benzene rings is 1. The Morgan fingerprint density at radius 2 is 2.00 bits per heavy atom. The van der Waals surface area contributed by atoms with E-state index in [1.165, 1.54) is 11.3 Å². The molecule has 26 heavy (non-hydrogen) atoms. The lowest BCUT2D eigenvalue weighted by Gasteiger charge is -2.16. The normalized spacial score (nSPS) is 11.7. The second-order valence-corrected chi connectivity index (χ2v) is 7.73. The van der Waals surface area contributed by atoms with E-state index >= 15 is 0 Å². The highest BCUT2D eigenvalue weighted by molar-refractivity contribution is 7.59. The van der Waals surface area contributed by atoms with Crippen LogP contribution in [0.5, 0.6) is 0 Å². The molecule has 9 heteroatoms. The summed E-state index contributed by atoms with van der Waals surface area (Å²) in [4.78, 5) is 27.7. The van der Waals surface area contributed by atoms with Gasteiger partial charge in [0.25, 0.3) is 0 Å². The molecule has 1 atom stereocenters. The molecule has 142 valence electrons. The fourth-order valence-corrected chi connectivity index (χ4v) is 3.69. The standard InChI is InChI=1S/C17H18Cl2N2O3S.H2S/c1-9(2)5-14(17(23)24)21-15(22)7-11-8-25-16(20-11)12-4-3-10(18)6-13(12)19;/h3-4,6,8-9,14H,5,7H2,1-2H3,(H,21,22)(H,23,24);1H2/t14-;/m0./s1. The molecular weight excluding hydrogens is 415 g/mol. The van der Waals surface area contributed by atoms with E-state index in [1.807, 2.05) is 13.8 Å². The fraction of sp³-hybridized carbons (Fsp3) is 0.353. The van der Waals surface area contributed by atoms with Crippen molar-refractivity contribution < 1.29 is 14.7 Å². The Kier molecular flexibility index (Phi) is 8.89. The number of carboxylic acids is 1. The summed E-state index contributed by atoms with van der Waals surface area (Å²) in [7, 11) is 0. The monoisotopic (exact) mass is 434 g/mol. The molecule has 0 radical (unpaired) electrons. The van der Waals surface area contributed by atoms with Gasteiger partial charge in [0.15, 0.2) is 0 Å². The number of aliphatic carboxylic acids is 1. The Bertz CT molecular complexity index is 781. The average Bonchev–Trinajstić information content (AvgIpc) is 2.94. The number of carbonyl (C=O) groups excluding carboxylic acids is 1. The summed E-state index contributed by atoms with van der Waals surface area (Å²) >= 11 is 13.4. The third kappa shape index (κ3) is 6.46. The number of hydrogen-bond donors (Lipinski definition) is 2. The van der Waals surface area contributed by atoms with Gasteiger partial charge in [0.1, 0.15) is 11.0 Å². The van der Waals surface area contributed by atoms with Crippen LogP contribution < -0.4 is 5.32 Å². The van der Waals surface area contributed by atoms with Crippen LogP contribution in [0.2, 0.25) is 10.0 Å². The van der Waals surface area contributed by atoms with E-state index in [2.05, 4.69) is 10.3 Å². The molecule has 0 saturated heterocycles. The van der Waals surface area contributed by atoms with E-state index in [4.69, 9.17) is 23.2 Å². The number of carbonyl (C=O) groups is 2. The number of amides is 1. The maximum absolute atomic E-state index is 12.1. The van der Waals surface area contributed by atoms with Crippen LogP contribution in [0.15, 0.2) is 23.6 Å². The number of hydrogen-bond acceptors (Lipinski definition) is 4. The lowest BCUT2D eigenvalue weighted by Crippen LogP contribution is -2.42. The van der Waals surface area contributed by atoms with Gasteiger partial charge in [0.05, 0.1) is 17.1 Å². The van der Waals surface area contributed by atoms with Gasteiger partial charge < -0.3 is 10.4 Å². The molecule has 0 aliphatic heterocycles. The van der Waals surface area contributed by atoms with Crippen LogP contribution in [0.4, 0.5) is 0 Å². The minimum absolute atomic E-state index is 0. The molecule has 0 aliphatic carbocycles. The Labute approximate surface area is 173 Å². The second kappa shape index (κ2) is 10.2. The number of nitrogens with zero attached hydrogens (tertiary/aromatic N) is 1. The van der Waals surface area contributed by atoms with E-state index in [-0.39, 0.29) is 31.7 Å². The molecule has 2 rings (SSSR count). The number of carboxylic acid groups (broad SMARTS) is 1. The van der Waals surface area contributed by atoms with Crippen LogP contribution in [0.3, 0.4) is 0 Å². The molecule has 1 aromatic carbocycles. The van der Waals surface area contributed by atoms with Gasteiger partial charge in [-0.2, -0.15) is 13.5 Å². The molecule has 0 aliphatic rings. The van der Waals surface area contributed by atoms with Crippen molar-refractivity contribution in [3.05, 3.63) is 39.3 Å². The molecule has 2 N–H and O–H groups in total. The van der Waals surface area contributed by atoms with Crippen molar-refractivity contribution in [1.29, 1.82) is 0 Å². The quantitative estimate of drug-likeness (QED) is 0.676. The minimum Gasteiger partial charge on any atom is -0.480 e. The van der Waals surface area contributed by atoms with Gasteiger partial charge in [0, 0.05) is 16.0 Å². The molecule has 1 heterocycles. The van der Waals surface area contributed by atoms with Gasteiger partial charge in [-0.3, -0.25) is 4.79 Å². The van der Waals surface area contributed by atoms with E-state index in [0.717, 1.165) is 5.56 Å². The largest absolute Gasteiger partial charge is 0.480 e. The number of thiazole rings is 1. The zero-order chi connectivity index (χ0) is 18.6. The third-order valence-electron chi connectivity index (χ3n) is 3.40. The predicted octanol–water partition coefficient (Wildman–Crippen LogP) is 4.39. The Hall–Kier alpha value is -1.28. The van der Waals surface area contributed by atoms with Gasteiger partial charge in [-0.1, -0.05) is 37.0 Å². The highest BCUT2D eigenvalue weighted by atomic mass is 35.5. The molecular formula is C17H20Cl2N2O3S2. The summed E-state index contributed by atoms with van der Waals surface area (Å²) in [6.45, 7) is 3.81. The topological polar surface area (TPSA) is 79.3 Å². The molecule has 0 fully saturated rings. The Morgan fingerprint density at radius 3 is 2.58 bits per heavy atom. The zero-order valence-corrected chi connectivity index (χ0v) is 17.6. The van der Waals surface area contributed by atoms with Crippen molar-refractivity contribution in [3.8, 4) is 10.6 Å². The highest BCUT2D eigenvalue weighted by Gasteiger charge is 2.21. The first-order valence-corrected chi connectivity index (χ1v) is 9.31. The summed E-state index contributed by atoms with van der Waals surface area (Å²) < 4.78 is 0. The molecule has 1 aromatic heterocycles. The SMILES string of the molecule is CC(C)C[C@H](NC(=O)Cc1csc(-c2ccc(Cl)cc2Cl)n1)C(=O)O.S. The first-order valence-electron chi connectivity index (χ1n) is 7.68. The van der Waals surface area contributed by atoms with Crippen LogP contribution in [0.25, 0.3) is 10.6 Å². The van der Waals surface area contributed by atoms with Gasteiger partial charge in [-0.15, -0.1) is 11.3 Å². The van der Waals surface area contributed by atoms with E-state index < -0.39 is 12.0 Å². The van der Waals surface area contributed by atoms with Crippen LogP contribution >= 0.6 is 48.0 Å². The summed E-state index contributed by atoms with van der Waals surface area (Å²) in [5.41, 5.74) is 1.31. The summed E-state index contributed by atoms with van der Waals surface area (Å²) in [5, 5.41) is 15.2. The van der Waals surface area contributed by atoms with Crippen LogP contribution in [-0.4, -0.2) is 28.0 Å². The van der Waals surface area contributed by atoms with Crippen molar-refractivity contribution in [1.82, 2.24) is 10.3 Å². The van der Waals surface area contributed by atoms with E-state index in [9.17, 15) is 14.7 Å². The predicted molar refractivity (Wildman–Crippen MR) is 111 cm³/mol. The Morgan fingerprint density at radius 1 is 1.31 bits per heavy atom. The van der Waals surface area contributed by atoms with Gasteiger partial charge in [-0.05, 0) is 30.5 Å². The number of halogens is 2. The minimum atomic E-state index is -1.03. The maximum atomic E-state index is 12.1. The van der Waals surface area contributed by atoms with Crippen LogP contribution in [0, 0.1) is 5.92 Å². The van der Waals surface area contributed by atoms with E-state index in [1.54, 1.807) is 23.6 Å². The van der Waals surface area contributed by atoms with Crippen molar-refractivity contribution >= 4 is 59.9 Å². The summed E-state index contributed by atoms with van der Waals surface area (Å²) in [5.74, 6) is -1.24. The van der Waals surface area contributed by atoms with E-state index in [0.29, 0.717) is 27.2 Å². The number of rotatable bonds is 7. The van der Waals surface area contributed by atoms with Gasteiger partial charge >= 0.3 is 5.97 Å². The molecule has 0 bridgehead atoms. The molecule has 1 amide bonds. The third-order valence-corrected chi connectivity index (χ3v) is 4.87. The smallest absolute Gasteiger partial charge is 0.326 e. The number of aromatic nitrogens is 1. The molecule has 2 aromatic rings. The zero-order valence-electron chi connectivity index (χ0n) is 14.3. The molecule has 0 unspecified atom stereocenters. The van der Waals surface area contributed by atoms with Crippen molar-refractivity contribution in [2.75, 3.05) is 0 Å². The fourth-order valence-electron chi connectivity index (χ4n) is 2.28. The Balaban J connectivity index is 0.00000338. The van der Waals surface area contributed by atoms with Crippen LogP contribution in [0.1, 0.15) is 26.0 Å². The lowest BCUT2D eigenvalue weighted by molar-refractivity contribution is -0.142. The summed E-state index contributed by atoms with van der Waals surface area (Å²) in [6, 6.07) is 4.24.